The number of carboxylic acid groups (broad SMARTS) is 2. The SMILES string of the molecule is CC(C)(C)C(NC(=O)CCCCC(=O)NC(C(=O)O)C(C)(C)C)C(=O)O. The van der Waals surface area contributed by atoms with E-state index in [0.29, 0.717) is 12.8 Å². The molecule has 0 aliphatic carbocycles. The number of hydrogen-bond donors (Lipinski definition) is 4. The van der Waals surface area contributed by atoms with Gasteiger partial charge in [-0.15, -0.1) is 0 Å². The van der Waals surface area contributed by atoms with Gasteiger partial charge in [0.15, 0.2) is 0 Å². The first kappa shape index (κ1) is 23.9. The molecule has 0 aliphatic heterocycles. The van der Waals surface area contributed by atoms with Crippen molar-refractivity contribution in [2.24, 2.45) is 10.8 Å². The molecule has 8 nitrogen and oxygen atoms in total. The number of nitrogens with one attached hydrogen (secondary N) is 2. The Morgan fingerprint density at radius 1 is 0.692 bits per heavy atom. The van der Waals surface area contributed by atoms with E-state index in [9.17, 15) is 29.4 Å². The van der Waals surface area contributed by atoms with Crippen LogP contribution < -0.4 is 10.6 Å². The normalized spacial score (nSPS) is 14.2. The third-order valence-electron chi connectivity index (χ3n) is 3.89. The first-order chi connectivity index (χ1) is 11.7. The maximum atomic E-state index is 11.9. The Morgan fingerprint density at radius 2 is 0.962 bits per heavy atom. The van der Waals surface area contributed by atoms with Crippen molar-refractivity contribution in [3.05, 3.63) is 0 Å². The molecule has 0 rings (SSSR count). The third kappa shape index (κ3) is 8.82. The topological polar surface area (TPSA) is 133 Å². The molecule has 0 heterocycles. The van der Waals surface area contributed by atoms with E-state index in [0.717, 1.165) is 0 Å². The van der Waals surface area contributed by atoms with Crippen LogP contribution in [0.1, 0.15) is 67.2 Å². The molecule has 0 aromatic carbocycles. The zero-order chi connectivity index (χ0) is 20.7. The lowest BCUT2D eigenvalue weighted by atomic mass is 9.86. The lowest BCUT2D eigenvalue weighted by Crippen LogP contribution is -2.49. The molecule has 0 saturated carbocycles. The molecule has 0 aromatic rings. The molecule has 0 bridgehead atoms. The van der Waals surface area contributed by atoms with Gasteiger partial charge in [-0.05, 0) is 23.7 Å². The minimum atomic E-state index is -1.09. The summed E-state index contributed by atoms with van der Waals surface area (Å²) in [4.78, 5) is 46.2. The van der Waals surface area contributed by atoms with Crippen molar-refractivity contribution in [2.75, 3.05) is 0 Å². The third-order valence-corrected chi connectivity index (χ3v) is 3.89. The standard InChI is InChI=1S/C18H32N2O6/c1-17(2,3)13(15(23)24)19-11(21)9-7-8-10-12(22)20-14(16(25)26)18(4,5)6/h13-14H,7-10H2,1-6H3,(H,19,21)(H,20,22)(H,23,24)(H,25,26). The van der Waals surface area contributed by atoms with Gasteiger partial charge in [-0.1, -0.05) is 41.5 Å². The Hall–Kier alpha value is -2.12. The molecule has 0 saturated heterocycles. The van der Waals surface area contributed by atoms with Gasteiger partial charge in [0.2, 0.25) is 11.8 Å². The monoisotopic (exact) mass is 372 g/mol. The van der Waals surface area contributed by atoms with Crippen LogP contribution in [0.3, 0.4) is 0 Å². The smallest absolute Gasteiger partial charge is 0.326 e. The Kier molecular flexibility index (Phi) is 8.76. The molecule has 2 unspecified atom stereocenters. The van der Waals surface area contributed by atoms with Crippen LogP contribution in [0.25, 0.3) is 0 Å². The minimum absolute atomic E-state index is 0.106. The maximum absolute atomic E-state index is 11.9. The van der Waals surface area contributed by atoms with Gasteiger partial charge < -0.3 is 20.8 Å². The van der Waals surface area contributed by atoms with E-state index in [4.69, 9.17) is 0 Å². The number of rotatable bonds is 9. The molecule has 4 N–H and O–H groups in total. The summed E-state index contributed by atoms with van der Waals surface area (Å²) in [7, 11) is 0. The summed E-state index contributed by atoms with van der Waals surface area (Å²) in [6.07, 6.45) is 1.02. The van der Waals surface area contributed by atoms with Gasteiger partial charge in [0.05, 0.1) is 0 Å². The zero-order valence-corrected chi connectivity index (χ0v) is 16.5. The number of aliphatic carboxylic acids is 2. The maximum Gasteiger partial charge on any atom is 0.326 e. The predicted molar refractivity (Wildman–Crippen MR) is 96.5 cm³/mol. The van der Waals surface area contributed by atoms with E-state index in [-0.39, 0.29) is 24.7 Å². The van der Waals surface area contributed by atoms with Crippen LogP contribution in [-0.4, -0.2) is 46.0 Å². The van der Waals surface area contributed by atoms with Crippen molar-refractivity contribution >= 4 is 23.8 Å². The summed E-state index contributed by atoms with van der Waals surface area (Å²) in [5.41, 5.74) is -1.22. The van der Waals surface area contributed by atoms with Gasteiger partial charge in [-0.25, -0.2) is 9.59 Å². The average Bonchev–Trinajstić information content (AvgIpc) is 2.43. The average molecular weight is 372 g/mol. The van der Waals surface area contributed by atoms with E-state index in [1.54, 1.807) is 41.5 Å². The zero-order valence-electron chi connectivity index (χ0n) is 16.5. The van der Waals surface area contributed by atoms with E-state index in [2.05, 4.69) is 10.6 Å². The number of carbonyl (C=O) groups excluding carboxylic acids is 2. The summed E-state index contributed by atoms with van der Waals surface area (Å²) in [6.45, 7) is 10.4. The van der Waals surface area contributed by atoms with E-state index in [1.165, 1.54) is 0 Å². The fraction of sp³-hybridized carbons (Fsp3) is 0.778. The van der Waals surface area contributed by atoms with Gasteiger partial charge in [-0.3, -0.25) is 9.59 Å². The van der Waals surface area contributed by atoms with Crippen molar-refractivity contribution in [1.82, 2.24) is 10.6 Å². The highest BCUT2D eigenvalue weighted by molar-refractivity contribution is 5.85. The van der Waals surface area contributed by atoms with Crippen LogP contribution in [0.4, 0.5) is 0 Å². The highest BCUT2D eigenvalue weighted by Crippen LogP contribution is 2.20. The van der Waals surface area contributed by atoms with Gasteiger partial charge in [0.1, 0.15) is 12.1 Å². The van der Waals surface area contributed by atoms with Crippen molar-refractivity contribution in [2.45, 2.75) is 79.3 Å². The molecule has 0 aliphatic rings. The Balaban J connectivity index is 4.33. The highest BCUT2D eigenvalue weighted by Gasteiger charge is 2.33. The Bertz CT molecular complexity index is 483. The quantitative estimate of drug-likeness (QED) is 0.456. The van der Waals surface area contributed by atoms with Crippen LogP contribution in [0.15, 0.2) is 0 Å². The van der Waals surface area contributed by atoms with Crippen molar-refractivity contribution in [3.63, 3.8) is 0 Å². The molecule has 0 spiro atoms. The lowest BCUT2D eigenvalue weighted by molar-refractivity contribution is -0.145. The fourth-order valence-electron chi connectivity index (χ4n) is 2.33. The van der Waals surface area contributed by atoms with Gasteiger partial charge in [-0.2, -0.15) is 0 Å². The highest BCUT2D eigenvalue weighted by atomic mass is 16.4. The van der Waals surface area contributed by atoms with Crippen LogP contribution in [-0.2, 0) is 19.2 Å². The summed E-state index contributed by atoms with van der Waals surface area (Å²) in [6, 6.07) is -1.97. The molecule has 2 atom stereocenters. The van der Waals surface area contributed by atoms with E-state index in [1.807, 2.05) is 0 Å². The van der Waals surface area contributed by atoms with E-state index >= 15 is 0 Å². The molecule has 0 aromatic heterocycles. The number of amides is 2. The molecule has 0 fully saturated rings. The summed E-state index contributed by atoms with van der Waals surface area (Å²) in [5, 5.41) is 23.4. The van der Waals surface area contributed by atoms with Crippen molar-refractivity contribution in [1.29, 1.82) is 0 Å². The molecular weight excluding hydrogens is 340 g/mol. The van der Waals surface area contributed by atoms with Crippen LogP contribution in [0.5, 0.6) is 0 Å². The van der Waals surface area contributed by atoms with Crippen molar-refractivity contribution in [3.8, 4) is 0 Å². The molecule has 150 valence electrons. The number of carboxylic acids is 2. The predicted octanol–water partition coefficient (Wildman–Crippen LogP) is 1.78. The van der Waals surface area contributed by atoms with Crippen molar-refractivity contribution < 1.29 is 29.4 Å². The molecule has 2 amide bonds. The summed E-state index contributed by atoms with van der Waals surface area (Å²) in [5.74, 6) is -2.95. The first-order valence-corrected chi connectivity index (χ1v) is 8.70. The Morgan fingerprint density at radius 3 is 1.15 bits per heavy atom. The second-order valence-corrected chi connectivity index (χ2v) is 8.62. The number of unbranched alkanes of at least 4 members (excludes halogenated alkanes) is 1. The summed E-state index contributed by atoms with van der Waals surface area (Å²) < 4.78 is 0. The van der Waals surface area contributed by atoms with Gasteiger partial charge in [0.25, 0.3) is 0 Å². The summed E-state index contributed by atoms with van der Waals surface area (Å²) >= 11 is 0. The second kappa shape index (κ2) is 9.54. The minimum Gasteiger partial charge on any atom is -0.480 e. The largest absolute Gasteiger partial charge is 0.480 e. The number of hydrogen-bond acceptors (Lipinski definition) is 4. The molecular formula is C18H32N2O6. The molecule has 8 heteroatoms. The number of carbonyl (C=O) groups is 4. The van der Waals surface area contributed by atoms with Crippen LogP contribution >= 0.6 is 0 Å². The van der Waals surface area contributed by atoms with Gasteiger partial charge >= 0.3 is 11.9 Å². The van der Waals surface area contributed by atoms with Gasteiger partial charge in [0, 0.05) is 12.8 Å². The Labute approximate surface area is 154 Å². The van der Waals surface area contributed by atoms with Crippen LogP contribution in [0.2, 0.25) is 0 Å². The lowest BCUT2D eigenvalue weighted by Gasteiger charge is -2.28. The molecule has 26 heavy (non-hydrogen) atoms. The first-order valence-electron chi connectivity index (χ1n) is 8.70. The fourth-order valence-corrected chi connectivity index (χ4v) is 2.33. The van der Waals surface area contributed by atoms with E-state index < -0.39 is 34.9 Å². The second-order valence-electron chi connectivity index (χ2n) is 8.62. The van der Waals surface area contributed by atoms with Crippen LogP contribution in [0, 0.1) is 10.8 Å². The molecule has 0 radical (unpaired) electrons.